The van der Waals surface area contributed by atoms with Crippen LogP contribution in [0.1, 0.15) is 43.9 Å². The third kappa shape index (κ3) is 5.06. The minimum atomic E-state index is -1.15. The molecule has 1 aromatic carbocycles. The zero-order valence-electron chi connectivity index (χ0n) is 22.2. The SMILES string of the molecule is CCC1=C2[C@@H](CC/C(=C/c3ccc(O)c(F)c3)c3ccccn3)OB(O)C[C@@H]2[C@@H]2C(=O)N(C(=O)OC)C(=O)[C@@H]2C1. The number of likely N-dealkylation sites (tertiary alicyclic amines) is 1. The Bertz CT molecular complexity index is 1400. The normalized spacial score (nSPS) is 24.8. The van der Waals surface area contributed by atoms with Crippen LogP contribution < -0.4 is 0 Å². The quantitative estimate of drug-likeness (QED) is 0.312. The molecule has 208 valence electrons. The molecule has 11 heteroatoms. The van der Waals surface area contributed by atoms with Gasteiger partial charge in [-0.1, -0.05) is 24.6 Å². The first-order valence-electron chi connectivity index (χ1n) is 13.3. The number of methoxy groups -OCH3 is 1. The van der Waals surface area contributed by atoms with Gasteiger partial charge in [0, 0.05) is 6.20 Å². The highest BCUT2D eigenvalue weighted by Gasteiger charge is 2.59. The van der Waals surface area contributed by atoms with Crippen LogP contribution in [0.5, 0.6) is 5.75 Å². The summed E-state index contributed by atoms with van der Waals surface area (Å²) in [6, 6.07) is 9.61. The highest BCUT2D eigenvalue weighted by Crippen LogP contribution is 2.51. The van der Waals surface area contributed by atoms with E-state index in [1.54, 1.807) is 24.4 Å². The van der Waals surface area contributed by atoms with Gasteiger partial charge in [-0.3, -0.25) is 14.6 Å². The molecule has 2 aliphatic heterocycles. The van der Waals surface area contributed by atoms with Gasteiger partial charge >= 0.3 is 13.2 Å². The van der Waals surface area contributed by atoms with Crippen LogP contribution in [0, 0.1) is 23.6 Å². The summed E-state index contributed by atoms with van der Waals surface area (Å²) in [4.78, 5) is 43.7. The molecule has 2 aromatic rings. The number of aromatic nitrogens is 1. The van der Waals surface area contributed by atoms with Crippen LogP contribution in [-0.2, 0) is 19.0 Å². The Morgan fingerprint density at radius 1 is 1.25 bits per heavy atom. The van der Waals surface area contributed by atoms with Crippen molar-refractivity contribution in [1.82, 2.24) is 9.88 Å². The Morgan fingerprint density at radius 3 is 2.73 bits per heavy atom. The van der Waals surface area contributed by atoms with Gasteiger partial charge in [-0.15, -0.1) is 0 Å². The van der Waals surface area contributed by atoms with Crippen molar-refractivity contribution in [1.29, 1.82) is 0 Å². The number of carbonyl (C=O) groups is 3. The maximum atomic E-state index is 14.1. The second-order valence-electron chi connectivity index (χ2n) is 10.3. The number of hydrogen-bond acceptors (Lipinski definition) is 8. The largest absolute Gasteiger partial charge is 0.505 e. The predicted molar refractivity (Wildman–Crippen MR) is 144 cm³/mol. The van der Waals surface area contributed by atoms with E-state index in [0.717, 1.165) is 23.8 Å². The highest BCUT2D eigenvalue weighted by atomic mass is 19.1. The third-order valence-electron chi connectivity index (χ3n) is 8.07. The van der Waals surface area contributed by atoms with Crippen LogP contribution in [-0.4, -0.2) is 58.3 Å². The molecule has 4 atom stereocenters. The van der Waals surface area contributed by atoms with Gasteiger partial charge in [0.15, 0.2) is 11.6 Å². The fraction of sp³-hybridized carbons (Fsp3) is 0.379. The molecule has 1 aliphatic carbocycles. The molecule has 3 aliphatic rings. The summed E-state index contributed by atoms with van der Waals surface area (Å²) in [7, 11) is -0.0291. The molecule has 0 saturated carbocycles. The molecule has 40 heavy (non-hydrogen) atoms. The van der Waals surface area contributed by atoms with E-state index in [9.17, 15) is 28.9 Å². The van der Waals surface area contributed by atoms with E-state index in [-0.39, 0.29) is 6.32 Å². The van der Waals surface area contributed by atoms with Gasteiger partial charge in [-0.25, -0.2) is 9.18 Å². The minimum absolute atomic E-state index is 0.139. The number of rotatable bonds is 6. The Hall–Kier alpha value is -3.83. The van der Waals surface area contributed by atoms with Gasteiger partial charge in [-0.2, -0.15) is 4.90 Å². The number of benzene rings is 1. The fourth-order valence-electron chi connectivity index (χ4n) is 6.30. The van der Waals surface area contributed by atoms with Crippen molar-refractivity contribution < 1.29 is 38.3 Å². The Labute approximate surface area is 231 Å². The average molecular weight is 548 g/mol. The van der Waals surface area contributed by atoms with E-state index in [1.165, 1.54) is 12.1 Å². The number of fused-ring (bicyclic) bond motifs is 3. The van der Waals surface area contributed by atoms with Crippen molar-refractivity contribution in [2.24, 2.45) is 17.8 Å². The maximum absolute atomic E-state index is 14.1. The summed E-state index contributed by atoms with van der Waals surface area (Å²) in [5, 5.41) is 20.3. The Morgan fingerprint density at radius 2 is 2.05 bits per heavy atom. The molecule has 0 spiro atoms. The molecule has 5 rings (SSSR count). The number of imide groups is 3. The molecule has 2 saturated heterocycles. The lowest BCUT2D eigenvalue weighted by molar-refractivity contribution is -0.137. The van der Waals surface area contributed by atoms with Crippen molar-refractivity contribution in [3.05, 3.63) is 70.8 Å². The van der Waals surface area contributed by atoms with Gasteiger partial charge in [0.05, 0.1) is 30.7 Å². The number of amides is 3. The van der Waals surface area contributed by atoms with E-state index >= 15 is 0 Å². The van der Waals surface area contributed by atoms with Gasteiger partial charge in [0.2, 0.25) is 11.8 Å². The van der Waals surface area contributed by atoms with Crippen molar-refractivity contribution in [3.8, 4) is 5.75 Å². The van der Waals surface area contributed by atoms with Gasteiger partial charge in [-0.05, 0) is 85.0 Å². The van der Waals surface area contributed by atoms with Crippen LogP contribution in [0.3, 0.4) is 0 Å². The van der Waals surface area contributed by atoms with Crippen LogP contribution in [0.2, 0.25) is 6.32 Å². The molecule has 0 radical (unpaired) electrons. The molecular weight excluding hydrogens is 518 g/mol. The average Bonchev–Trinajstić information content (AvgIpc) is 3.21. The molecule has 2 N–H and O–H groups in total. The number of pyridine rings is 1. The number of nitrogens with zero attached hydrogens (tertiary/aromatic N) is 2. The van der Waals surface area contributed by atoms with Crippen LogP contribution in [0.25, 0.3) is 11.6 Å². The number of halogens is 1. The zero-order chi connectivity index (χ0) is 28.6. The van der Waals surface area contributed by atoms with Crippen LogP contribution in [0.15, 0.2) is 53.7 Å². The molecule has 2 fully saturated rings. The number of carbonyl (C=O) groups excluding carboxylic acids is 3. The van der Waals surface area contributed by atoms with Crippen molar-refractivity contribution in [2.75, 3.05) is 7.11 Å². The number of phenols is 1. The Balaban J connectivity index is 1.47. The van der Waals surface area contributed by atoms with Crippen molar-refractivity contribution in [3.63, 3.8) is 0 Å². The van der Waals surface area contributed by atoms with Gasteiger partial charge in [0.1, 0.15) is 0 Å². The van der Waals surface area contributed by atoms with Gasteiger partial charge in [0.25, 0.3) is 0 Å². The number of hydrogen-bond donors (Lipinski definition) is 2. The second-order valence-corrected chi connectivity index (χ2v) is 10.3. The summed E-state index contributed by atoms with van der Waals surface area (Å²) in [5.41, 5.74) is 3.91. The summed E-state index contributed by atoms with van der Waals surface area (Å²) < 4.78 is 24.8. The topological polar surface area (TPSA) is 126 Å². The van der Waals surface area contributed by atoms with Crippen LogP contribution in [0.4, 0.5) is 9.18 Å². The summed E-state index contributed by atoms with van der Waals surface area (Å²) in [6.07, 6.45) is 3.88. The van der Waals surface area contributed by atoms with E-state index in [0.29, 0.717) is 41.8 Å². The van der Waals surface area contributed by atoms with E-state index in [4.69, 9.17) is 9.39 Å². The predicted octanol–water partition coefficient (Wildman–Crippen LogP) is 4.22. The molecule has 3 amide bonds. The van der Waals surface area contributed by atoms with Crippen LogP contribution >= 0.6 is 0 Å². The molecule has 3 heterocycles. The second kappa shape index (κ2) is 11.3. The smallest absolute Gasteiger partial charge is 0.455 e. The zero-order valence-corrected chi connectivity index (χ0v) is 22.2. The Kier molecular flexibility index (Phi) is 7.87. The van der Waals surface area contributed by atoms with E-state index < -0.39 is 60.5 Å². The highest BCUT2D eigenvalue weighted by molar-refractivity contribution is 6.43. The maximum Gasteiger partial charge on any atom is 0.455 e. The van der Waals surface area contributed by atoms with Crippen molar-refractivity contribution in [2.45, 2.75) is 45.0 Å². The summed E-state index contributed by atoms with van der Waals surface area (Å²) in [5.74, 6) is -4.25. The monoisotopic (exact) mass is 548 g/mol. The first-order valence-corrected chi connectivity index (χ1v) is 13.3. The first kappa shape index (κ1) is 27.7. The molecular formula is C29H30BFN2O7. The lowest BCUT2D eigenvalue weighted by Crippen LogP contribution is -2.46. The third-order valence-corrected chi connectivity index (χ3v) is 8.07. The standard InChI is InChI=1S/C29H30BFN2O7/c1-3-17-14-19-26(28(36)33(27(19)35)29(37)39-2)20-15-30(38)40-24(25(17)20)10-8-18(22-6-4-5-11-32-22)12-16-7-9-23(34)21(31)13-16/h4-7,9,11-13,19-20,24,26,34,38H,3,8,10,14-15H2,1-2H3/b18-12-/t19-,20+,24-,26-/m1/s1. The number of phenolic OH excluding ortho intramolecular Hbond substituents is 1. The van der Waals surface area contributed by atoms with Crippen molar-refractivity contribution >= 4 is 36.7 Å². The van der Waals surface area contributed by atoms with E-state index in [2.05, 4.69) is 4.98 Å². The summed E-state index contributed by atoms with van der Waals surface area (Å²) >= 11 is 0. The fourth-order valence-corrected chi connectivity index (χ4v) is 6.30. The molecule has 1 aromatic heterocycles. The first-order chi connectivity index (χ1) is 19.2. The molecule has 0 unspecified atom stereocenters. The summed E-state index contributed by atoms with van der Waals surface area (Å²) in [6.45, 7) is 1.97. The van der Waals surface area contributed by atoms with E-state index in [1.807, 2.05) is 19.1 Å². The lowest BCUT2D eigenvalue weighted by Gasteiger charge is -2.43. The number of allylic oxidation sites excluding steroid dienone is 2. The van der Waals surface area contributed by atoms with Gasteiger partial charge < -0.3 is 19.5 Å². The minimum Gasteiger partial charge on any atom is -0.505 e. The molecule has 9 nitrogen and oxygen atoms in total. The number of aromatic hydroxyl groups is 1. The number of ether oxygens (including phenoxy) is 1. The molecule has 0 bridgehead atoms. The lowest BCUT2D eigenvalue weighted by atomic mass is 9.58.